The number of fused-ring (bicyclic) bond motifs is 2. The Bertz CT molecular complexity index is 1730. The lowest BCUT2D eigenvalue weighted by molar-refractivity contribution is 0.0828. The lowest BCUT2D eigenvalue weighted by Crippen LogP contribution is -2.49. The molecule has 9 heteroatoms. The standard InChI is InChI=1S/C33H39N9/c1-21-5-4-6-28-29(21)22(2)37-33(39-28)38-24-9-7-23(8-10-24)27-19-42(32-30(27)31(34)35-20-36-32)26-13-11-25(12-14-26)41-17-15-40(3)16-18-41/h4-10,19-20,25-26H,11-18H2,1-3H3,(H2,34,35,36)(H,37,38,39)/t25-,26-. The first kappa shape index (κ1) is 26.8. The zero-order valence-corrected chi connectivity index (χ0v) is 24.7. The molecular weight excluding hydrogens is 522 g/mol. The van der Waals surface area contributed by atoms with Crippen LogP contribution in [0.15, 0.2) is 55.0 Å². The summed E-state index contributed by atoms with van der Waals surface area (Å²) in [6.45, 7) is 8.84. The Kier molecular flexibility index (Phi) is 6.99. The molecule has 5 aromatic rings. The summed E-state index contributed by atoms with van der Waals surface area (Å²) in [5, 5.41) is 5.44. The molecule has 0 unspecified atom stereocenters. The zero-order chi connectivity index (χ0) is 28.8. The van der Waals surface area contributed by atoms with Crippen LogP contribution in [0.4, 0.5) is 17.5 Å². The van der Waals surface area contributed by atoms with Gasteiger partial charge in [0.25, 0.3) is 0 Å². The second-order valence-electron chi connectivity index (χ2n) is 12.0. The van der Waals surface area contributed by atoms with E-state index in [1.165, 1.54) is 44.6 Å². The van der Waals surface area contributed by atoms with E-state index in [9.17, 15) is 0 Å². The third-order valence-corrected chi connectivity index (χ3v) is 9.32. The summed E-state index contributed by atoms with van der Waals surface area (Å²) in [5.41, 5.74) is 13.6. The van der Waals surface area contributed by atoms with Crippen molar-refractivity contribution in [3.63, 3.8) is 0 Å². The van der Waals surface area contributed by atoms with E-state index in [0.717, 1.165) is 57.3 Å². The van der Waals surface area contributed by atoms with Gasteiger partial charge in [0.1, 0.15) is 17.8 Å². The Morgan fingerprint density at radius 1 is 0.833 bits per heavy atom. The molecule has 7 rings (SSSR count). The van der Waals surface area contributed by atoms with Crippen LogP contribution in [0.3, 0.4) is 0 Å². The fourth-order valence-electron chi connectivity index (χ4n) is 6.98. The number of aromatic nitrogens is 5. The van der Waals surface area contributed by atoms with Gasteiger partial charge in [0.05, 0.1) is 16.6 Å². The van der Waals surface area contributed by atoms with Gasteiger partial charge in [-0.3, -0.25) is 4.90 Å². The number of rotatable bonds is 5. The van der Waals surface area contributed by atoms with E-state index in [2.05, 4.69) is 75.2 Å². The fourth-order valence-corrected chi connectivity index (χ4v) is 6.98. The molecule has 2 aliphatic rings. The number of aryl methyl sites for hydroxylation is 2. The maximum atomic E-state index is 6.47. The van der Waals surface area contributed by atoms with Crippen molar-refractivity contribution in [3.8, 4) is 11.1 Å². The molecule has 3 N–H and O–H groups in total. The Balaban J connectivity index is 1.13. The molecule has 1 saturated heterocycles. The topological polar surface area (TPSA) is 101 Å². The summed E-state index contributed by atoms with van der Waals surface area (Å²) in [7, 11) is 2.22. The molecule has 1 aliphatic heterocycles. The van der Waals surface area contributed by atoms with E-state index in [1.54, 1.807) is 6.33 Å². The maximum Gasteiger partial charge on any atom is 0.228 e. The van der Waals surface area contributed by atoms with Crippen molar-refractivity contribution < 1.29 is 0 Å². The molecule has 1 saturated carbocycles. The van der Waals surface area contributed by atoms with Crippen LogP contribution in [-0.4, -0.2) is 73.6 Å². The van der Waals surface area contributed by atoms with Gasteiger partial charge in [-0.2, -0.15) is 0 Å². The number of nitrogens with zero attached hydrogens (tertiary/aromatic N) is 7. The highest BCUT2D eigenvalue weighted by Crippen LogP contribution is 2.39. The minimum atomic E-state index is 0.414. The van der Waals surface area contributed by atoms with Crippen LogP contribution < -0.4 is 11.1 Å². The van der Waals surface area contributed by atoms with Crippen molar-refractivity contribution in [3.05, 3.63) is 66.2 Å². The molecule has 42 heavy (non-hydrogen) atoms. The SMILES string of the molecule is Cc1cccc2nc(Nc3ccc(-c4cn([C@H]5CC[C@H](N6CCN(C)CC6)CC5)c5ncnc(N)c45)cc3)nc(C)c12. The summed E-state index contributed by atoms with van der Waals surface area (Å²) >= 11 is 0. The van der Waals surface area contributed by atoms with Crippen LogP contribution in [0.5, 0.6) is 0 Å². The molecule has 2 fully saturated rings. The molecule has 4 heterocycles. The molecule has 0 bridgehead atoms. The Morgan fingerprint density at radius 2 is 1.57 bits per heavy atom. The first-order valence-corrected chi connectivity index (χ1v) is 15.1. The second kappa shape index (κ2) is 11.0. The van der Waals surface area contributed by atoms with E-state index < -0.39 is 0 Å². The number of nitrogen functional groups attached to an aromatic ring is 1. The number of nitrogens with one attached hydrogen (secondary N) is 1. The van der Waals surface area contributed by atoms with Crippen molar-refractivity contribution in [2.45, 2.75) is 51.6 Å². The minimum Gasteiger partial charge on any atom is -0.383 e. The third-order valence-electron chi connectivity index (χ3n) is 9.32. The second-order valence-corrected chi connectivity index (χ2v) is 12.0. The van der Waals surface area contributed by atoms with Gasteiger partial charge in [-0.25, -0.2) is 19.9 Å². The molecule has 0 atom stereocenters. The van der Waals surface area contributed by atoms with Crippen LogP contribution in [0.2, 0.25) is 0 Å². The first-order valence-electron chi connectivity index (χ1n) is 15.1. The highest BCUT2D eigenvalue weighted by atomic mass is 15.3. The highest BCUT2D eigenvalue weighted by molar-refractivity contribution is 6.00. The number of likely N-dealkylation sites (N-methyl/N-ethyl adjacent to an activating group) is 1. The number of anilines is 3. The normalized spacial score (nSPS) is 20.4. The molecular formula is C33H39N9. The van der Waals surface area contributed by atoms with Crippen molar-refractivity contribution in [2.75, 3.05) is 44.3 Å². The molecule has 2 aromatic carbocycles. The molecule has 3 aromatic heterocycles. The molecule has 1 aliphatic carbocycles. The van der Waals surface area contributed by atoms with E-state index in [4.69, 9.17) is 20.7 Å². The summed E-state index contributed by atoms with van der Waals surface area (Å²) in [4.78, 5) is 23.7. The summed E-state index contributed by atoms with van der Waals surface area (Å²) in [6, 6.07) is 15.6. The van der Waals surface area contributed by atoms with Crippen molar-refractivity contribution in [1.29, 1.82) is 0 Å². The Labute approximate surface area is 246 Å². The summed E-state index contributed by atoms with van der Waals surface area (Å²) < 4.78 is 2.36. The average Bonchev–Trinajstić information content (AvgIpc) is 3.39. The monoisotopic (exact) mass is 561 g/mol. The number of benzene rings is 2. The number of piperazine rings is 1. The van der Waals surface area contributed by atoms with Gasteiger partial charge in [-0.15, -0.1) is 0 Å². The molecule has 216 valence electrons. The Hall–Kier alpha value is -4.08. The van der Waals surface area contributed by atoms with Crippen molar-refractivity contribution in [1.82, 2.24) is 34.3 Å². The largest absolute Gasteiger partial charge is 0.383 e. The third kappa shape index (κ3) is 4.97. The van der Waals surface area contributed by atoms with Crippen LogP contribution in [0.1, 0.15) is 43.0 Å². The summed E-state index contributed by atoms with van der Waals surface area (Å²) in [5.74, 6) is 1.12. The van der Waals surface area contributed by atoms with Crippen LogP contribution in [0.25, 0.3) is 33.1 Å². The number of hydrogen-bond acceptors (Lipinski definition) is 8. The van der Waals surface area contributed by atoms with Gasteiger partial charge in [-0.1, -0.05) is 24.3 Å². The van der Waals surface area contributed by atoms with Crippen LogP contribution in [-0.2, 0) is 0 Å². The van der Waals surface area contributed by atoms with Crippen LogP contribution in [0, 0.1) is 13.8 Å². The number of hydrogen-bond donors (Lipinski definition) is 2. The fraction of sp³-hybridized carbons (Fsp3) is 0.394. The van der Waals surface area contributed by atoms with Crippen molar-refractivity contribution >= 4 is 39.4 Å². The van der Waals surface area contributed by atoms with Gasteiger partial charge in [0.2, 0.25) is 5.95 Å². The van der Waals surface area contributed by atoms with E-state index in [-0.39, 0.29) is 0 Å². The molecule has 9 nitrogen and oxygen atoms in total. The van der Waals surface area contributed by atoms with Crippen molar-refractivity contribution in [2.24, 2.45) is 0 Å². The predicted octanol–water partition coefficient (Wildman–Crippen LogP) is 5.72. The maximum absolute atomic E-state index is 6.47. The van der Waals surface area contributed by atoms with E-state index >= 15 is 0 Å². The first-order chi connectivity index (χ1) is 20.4. The smallest absolute Gasteiger partial charge is 0.228 e. The van der Waals surface area contributed by atoms with Gasteiger partial charge < -0.3 is 20.5 Å². The van der Waals surface area contributed by atoms with E-state index in [0.29, 0.717) is 23.8 Å². The average molecular weight is 562 g/mol. The molecule has 0 spiro atoms. The summed E-state index contributed by atoms with van der Waals surface area (Å²) in [6.07, 6.45) is 8.58. The highest BCUT2D eigenvalue weighted by Gasteiger charge is 2.30. The van der Waals surface area contributed by atoms with E-state index in [1.807, 2.05) is 19.1 Å². The van der Waals surface area contributed by atoms with Gasteiger partial charge in [0.15, 0.2) is 0 Å². The quantitative estimate of drug-likeness (QED) is 0.281. The molecule has 0 radical (unpaired) electrons. The van der Waals surface area contributed by atoms with Gasteiger partial charge >= 0.3 is 0 Å². The Morgan fingerprint density at radius 3 is 2.33 bits per heavy atom. The minimum absolute atomic E-state index is 0.414. The lowest BCUT2D eigenvalue weighted by atomic mass is 9.89. The predicted molar refractivity (Wildman–Crippen MR) is 170 cm³/mol. The number of nitrogens with two attached hydrogens (primary N) is 1. The zero-order valence-electron chi connectivity index (χ0n) is 24.7. The van der Waals surface area contributed by atoms with Gasteiger partial charge in [0, 0.05) is 61.1 Å². The van der Waals surface area contributed by atoms with Crippen LogP contribution >= 0.6 is 0 Å². The van der Waals surface area contributed by atoms with Gasteiger partial charge in [-0.05, 0) is 75.9 Å². The lowest BCUT2D eigenvalue weighted by Gasteiger charge is -2.41. The molecule has 0 amide bonds.